The summed E-state index contributed by atoms with van der Waals surface area (Å²) in [5.41, 5.74) is 0. The molecule has 0 spiro atoms. The first-order valence-corrected chi connectivity index (χ1v) is 6.70. The molecule has 0 aromatic heterocycles. The van der Waals surface area contributed by atoms with E-state index in [9.17, 15) is 0 Å². The third kappa shape index (κ3) is 3.90. The van der Waals surface area contributed by atoms with E-state index in [1.807, 2.05) is 0 Å². The zero-order chi connectivity index (χ0) is 9.89. The van der Waals surface area contributed by atoms with E-state index in [2.05, 4.69) is 54.2 Å². The molecule has 0 radical (unpaired) electrons. The van der Waals surface area contributed by atoms with Crippen molar-refractivity contribution < 1.29 is 0 Å². The Hall–Kier alpha value is 1.14. The molecular weight excluding hydrogens is 150 g/mol. The van der Waals surface area contributed by atoms with Crippen molar-refractivity contribution in [2.45, 2.75) is 0 Å². The van der Waals surface area contributed by atoms with Crippen LogP contribution in [0.5, 0.6) is 0 Å². The molecule has 0 aliphatic heterocycles. The van der Waals surface area contributed by atoms with Crippen molar-refractivity contribution in [1.29, 1.82) is 0 Å². The molecule has 0 aliphatic carbocycles. The van der Waals surface area contributed by atoms with E-state index in [1.165, 1.54) is 0 Å². The molecule has 0 aromatic rings. The Balaban J connectivity index is 4.30. The second kappa shape index (κ2) is 5.79. The summed E-state index contributed by atoms with van der Waals surface area (Å²) in [7, 11) is 16.9. The standard InChI is InChI=1S/B11H14P/c1-8(2)11(7)12(9(3)4)10(5)6/h1-7H2. The molecule has 0 aromatic carbocycles. The van der Waals surface area contributed by atoms with Crippen molar-refractivity contribution in [3.8, 4) is 0 Å². The van der Waals surface area contributed by atoms with E-state index in [4.69, 9.17) is 0 Å². The smallest absolute Gasteiger partial charge is 0.0726 e. The van der Waals surface area contributed by atoms with Crippen LogP contribution in [0.25, 0.3) is 0 Å². The first-order chi connectivity index (χ1) is 5.37. The maximum atomic E-state index is 2.43. The highest BCUT2D eigenvalue weighted by Gasteiger charge is 2.28. The van der Waals surface area contributed by atoms with Crippen LogP contribution in [0.3, 0.4) is 0 Å². The van der Waals surface area contributed by atoms with Crippen LogP contribution >= 0.6 is 7.56 Å². The van der Waals surface area contributed by atoms with Crippen LogP contribution in [0.15, 0.2) is 0 Å². The highest BCUT2D eigenvalue weighted by molar-refractivity contribution is 8.48. The molecule has 0 saturated carbocycles. The van der Waals surface area contributed by atoms with Crippen LogP contribution in [0, 0.1) is 0 Å². The molecule has 0 unspecified atom stereocenters. The minimum atomic E-state index is 0.221. The van der Waals surface area contributed by atoms with Gasteiger partial charge in [-0.1, -0.05) is 0 Å². The van der Waals surface area contributed by atoms with Crippen molar-refractivity contribution in [2.75, 3.05) is 0 Å². The Morgan fingerprint density at radius 2 is 1.00 bits per heavy atom. The van der Waals surface area contributed by atoms with Gasteiger partial charge in [0.25, 0.3) is 0 Å². The summed E-state index contributed by atoms with van der Waals surface area (Å²) in [6.45, 7) is 0. The van der Waals surface area contributed by atoms with Gasteiger partial charge >= 0.3 is 0 Å². The molecule has 0 heterocycles. The molecule has 0 bridgehead atoms. The predicted octanol–water partition coefficient (Wildman–Crippen LogP) is -7.08. The largest absolute Gasteiger partial charge is 0.249 e. The Morgan fingerprint density at radius 3 is 1.08 bits per heavy atom. The SMILES string of the molecule is BB(B)B(B)P(B(B)B)B(B)B. The number of hydrogen-bond donors (Lipinski definition) is 0. The lowest BCUT2D eigenvalue weighted by Gasteiger charge is -2.31. The zero-order valence-electron chi connectivity index (χ0n) is 9.76. The van der Waals surface area contributed by atoms with Gasteiger partial charge in [-0.2, -0.15) is 0 Å². The summed E-state index contributed by atoms with van der Waals surface area (Å²) in [5, 5.41) is 0. The highest BCUT2D eigenvalue weighted by atomic mass is 31.1. The van der Waals surface area contributed by atoms with Gasteiger partial charge in [-0.05, 0) is 0 Å². The maximum Gasteiger partial charge on any atom is 0.0726 e. The van der Waals surface area contributed by atoms with Crippen LogP contribution in [0.2, 0.25) is 0 Å². The zero-order valence-corrected chi connectivity index (χ0v) is 10.7. The van der Waals surface area contributed by atoms with E-state index in [0.717, 1.165) is 25.0 Å². The van der Waals surface area contributed by atoms with Gasteiger partial charge in [-0.25, -0.2) is 7.56 Å². The summed E-state index contributed by atoms with van der Waals surface area (Å²) in [6.07, 6.45) is 3.54. The molecule has 52 valence electrons. The Kier molecular flexibility index (Phi) is 6.34. The molecule has 0 N–H and O–H groups in total. The third-order valence-corrected chi connectivity index (χ3v) is 6.55. The molecular formula is H14B11P. The fourth-order valence-corrected chi connectivity index (χ4v) is 5.64. The van der Waals surface area contributed by atoms with Gasteiger partial charge in [0.15, 0.2) is 0 Å². The lowest BCUT2D eigenvalue weighted by atomic mass is 8.95. The van der Waals surface area contributed by atoms with Crippen LogP contribution < -0.4 is 0 Å². The fourth-order valence-electron chi connectivity index (χ4n) is 1.88. The summed E-state index contributed by atoms with van der Waals surface area (Å²) in [6, 6.07) is 0. The first kappa shape index (κ1) is 13.1. The van der Waals surface area contributed by atoms with Gasteiger partial charge in [-0.3, -0.25) is 0 Å². The van der Waals surface area contributed by atoms with Gasteiger partial charge in [0.2, 0.25) is 0 Å². The van der Waals surface area contributed by atoms with Gasteiger partial charge < -0.3 is 0 Å². The van der Waals surface area contributed by atoms with Crippen molar-refractivity contribution in [3.05, 3.63) is 0 Å². The van der Waals surface area contributed by atoms with Gasteiger partial charge in [0.05, 0.1) is 72.8 Å². The normalized spacial score (nSPS) is 9.42. The fraction of sp³-hybridized carbons (Fsp3) is 0. The molecule has 0 fully saturated rings. The van der Waals surface area contributed by atoms with E-state index in [1.54, 1.807) is 0 Å². The second-order valence-electron chi connectivity index (χ2n) is 4.62. The molecule has 12 heteroatoms. The molecule has 0 aliphatic rings. The monoisotopic (exact) mass is 166 g/mol. The lowest BCUT2D eigenvalue weighted by molar-refractivity contribution is 3.68. The molecule has 0 amide bonds. The number of rotatable bonds is 4. The minimum absolute atomic E-state index is 0.221. The lowest BCUT2D eigenvalue weighted by Crippen LogP contribution is -2.45. The molecule has 0 nitrogen and oxygen atoms in total. The van der Waals surface area contributed by atoms with E-state index in [0.29, 0.717) is 0 Å². The van der Waals surface area contributed by atoms with Gasteiger partial charge in [-0.15, -0.1) is 0 Å². The van der Waals surface area contributed by atoms with Gasteiger partial charge in [0.1, 0.15) is 0 Å². The van der Waals surface area contributed by atoms with Crippen LogP contribution in [0.1, 0.15) is 0 Å². The summed E-state index contributed by atoms with van der Waals surface area (Å²) >= 11 is 0. The average molecular weight is 164 g/mol. The summed E-state index contributed by atoms with van der Waals surface area (Å²) in [5.74, 6) is 0. The topological polar surface area (TPSA) is 0 Å². The quantitative estimate of drug-likeness (QED) is 0.286. The van der Waals surface area contributed by atoms with Crippen molar-refractivity contribution in [3.63, 3.8) is 0 Å². The predicted molar refractivity (Wildman–Crippen MR) is 89.7 cm³/mol. The van der Waals surface area contributed by atoms with Crippen molar-refractivity contribution in [2.24, 2.45) is 0 Å². The Morgan fingerprint density at radius 1 is 0.667 bits per heavy atom. The van der Waals surface area contributed by atoms with Crippen LogP contribution in [0.4, 0.5) is 0 Å². The average Bonchev–Trinajstić information content (AvgIpc) is 1.85. The van der Waals surface area contributed by atoms with Gasteiger partial charge in [0, 0.05) is 6.39 Å². The molecule has 0 rings (SSSR count). The Bertz CT molecular complexity index is 108. The Labute approximate surface area is 87.0 Å². The molecule has 0 atom stereocenters. The summed E-state index contributed by atoms with van der Waals surface area (Å²) in [4.78, 5) is 0. The van der Waals surface area contributed by atoms with Crippen LogP contribution in [-0.4, -0.2) is 79.2 Å². The van der Waals surface area contributed by atoms with Crippen molar-refractivity contribution >= 4 is 86.7 Å². The van der Waals surface area contributed by atoms with Crippen molar-refractivity contribution in [1.82, 2.24) is 0 Å². The van der Waals surface area contributed by atoms with E-state index in [-0.39, 0.29) is 7.56 Å². The van der Waals surface area contributed by atoms with E-state index < -0.39 is 0 Å². The maximum absolute atomic E-state index is 2.43. The van der Waals surface area contributed by atoms with Crippen LogP contribution in [-0.2, 0) is 0 Å². The second-order valence-corrected chi connectivity index (χ2v) is 8.39. The summed E-state index contributed by atoms with van der Waals surface area (Å²) < 4.78 is 0. The van der Waals surface area contributed by atoms with E-state index >= 15 is 0 Å². The first-order valence-electron chi connectivity index (χ1n) is 5.15. The highest BCUT2D eigenvalue weighted by Crippen LogP contribution is 2.38. The molecule has 12 heavy (non-hydrogen) atoms. The minimum Gasteiger partial charge on any atom is -0.249 e. The third-order valence-electron chi connectivity index (χ3n) is 2.63. The number of hydrogen-bond acceptors (Lipinski definition) is 0. The molecule has 0 saturated heterocycles.